The van der Waals surface area contributed by atoms with Crippen molar-refractivity contribution in [3.05, 3.63) is 0 Å². The number of rotatable bonds is 75. The second kappa shape index (κ2) is 67.5. The van der Waals surface area contributed by atoms with Crippen molar-refractivity contribution in [1.29, 1.82) is 0 Å². The molecule has 0 aliphatic heterocycles. The van der Waals surface area contributed by atoms with E-state index in [2.05, 4.69) is 48.5 Å². The monoisotopic (exact) mass is 1410 g/mol. The molecule has 570 valence electrons. The van der Waals surface area contributed by atoms with Gasteiger partial charge in [0.25, 0.3) is 0 Å². The number of carbonyl (C=O) groups excluding carboxylic acids is 4. The molecule has 0 heterocycles. The van der Waals surface area contributed by atoms with Gasteiger partial charge >= 0.3 is 39.5 Å². The summed E-state index contributed by atoms with van der Waals surface area (Å²) in [5.74, 6) is 0.209. The molecule has 0 spiro atoms. The first-order valence-corrected chi connectivity index (χ1v) is 42.9. The highest BCUT2D eigenvalue weighted by molar-refractivity contribution is 7.47. The van der Waals surface area contributed by atoms with Crippen molar-refractivity contribution in [2.45, 2.75) is 414 Å². The highest BCUT2D eigenvalue weighted by Gasteiger charge is 2.30. The number of hydrogen-bond donors (Lipinski definition) is 3. The first-order chi connectivity index (χ1) is 46.3. The van der Waals surface area contributed by atoms with Crippen LogP contribution in [0.5, 0.6) is 0 Å². The SMILES string of the molecule is CCCCCCCCCCCCC(=O)OC[C@H](COP(=O)(O)OC[C@H](O)COP(=O)(O)OC[C@@H](COC(=O)CCCCCCCCCCCCCCCCC(C)C)OC(=O)CCCCCCCCCCCCCCCCCCC(C)C)OC(=O)CCCCCCCCC(C)CC. The predicted molar refractivity (Wildman–Crippen MR) is 391 cm³/mol. The molecule has 96 heavy (non-hydrogen) atoms. The van der Waals surface area contributed by atoms with E-state index in [0.29, 0.717) is 25.7 Å². The summed E-state index contributed by atoms with van der Waals surface area (Å²) in [4.78, 5) is 72.8. The van der Waals surface area contributed by atoms with E-state index in [1.165, 1.54) is 205 Å². The van der Waals surface area contributed by atoms with Crippen LogP contribution in [0, 0.1) is 17.8 Å². The molecule has 0 aliphatic rings. The largest absolute Gasteiger partial charge is 0.472 e. The molecule has 6 atom stereocenters. The summed E-state index contributed by atoms with van der Waals surface area (Å²) in [5.41, 5.74) is 0. The van der Waals surface area contributed by atoms with Crippen molar-refractivity contribution in [2.24, 2.45) is 17.8 Å². The highest BCUT2D eigenvalue weighted by atomic mass is 31.2. The van der Waals surface area contributed by atoms with Gasteiger partial charge in [0, 0.05) is 25.7 Å². The maximum absolute atomic E-state index is 13.1. The van der Waals surface area contributed by atoms with Crippen LogP contribution in [0.15, 0.2) is 0 Å². The standard InChI is InChI=1S/C77H150O17P2/c1-8-10-11-12-13-14-31-36-44-51-58-74(79)88-65-73(94-77(82)61-54-47-40-39-43-50-57-70(7)9-2)67-92-96(85,86)90-63-71(78)62-89-95(83,84)91-66-72(64-87-75(80)59-52-45-37-32-27-23-20-19-22-26-30-35-42-49-56-69(5)6)93-76(81)60-53-46-38-33-28-24-18-16-15-17-21-25-29-34-41-48-55-68(3)4/h68-73,78H,8-67H2,1-7H3,(H,83,84)(H,85,86)/t70?,71-,72-,73-/m1/s1. The van der Waals surface area contributed by atoms with E-state index in [9.17, 15) is 43.2 Å². The molecule has 0 amide bonds. The van der Waals surface area contributed by atoms with Crippen LogP contribution < -0.4 is 0 Å². The zero-order valence-electron chi connectivity index (χ0n) is 62.8. The average Bonchev–Trinajstić information content (AvgIpc) is 1.67. The molecule has 0 radical (unpaired) electrons. The maximum Gasteiger partial charge on any atom is 0.472 e. The van der Waals surface area contributed by atoms with Crippen molar-refractivity contribution in [1.82, 2.24) is 0 Å². The van der Waals surface area contributed by atoms with Gasteiger partial charge in [0.05, 0.1) is 26.4 Å². The summed E-state index contributed by atoms with van der Waals surface area (Å²) < 4.78 is 68.5. The predicted octanol–water partition coefficient (Wildman–Crippen LogP) is 22.6. The molecule has 3 N–H and O–H groups in total. The summed E-state index contributed by atoms with van der Waals surface area (Å²) in [5, 5.41) is 10.6. The fourth-order valence-corrected chi connectivity index (χ4v) is 13.3. The van der Waals surface area contributed by atoms with Gasteiger partial charge in [-0.3, -0.25) is 37.3 Å². The summed E-state index contributed by atoms with van der Waals surface area (Å²) in [7, 11) is -9.91. The Hall–Kier alpha value is -1.94. The zero-order valence-corrected chi connectivity index (χ0v) is 64.6. The third-order valence-corrected chi connectivity index (χ3v) is 20.1. The maximum atomic E-state index is 13.1. The van der Waals surface area contributed by atoms with Crippen molar-refractivity contribution >= 4 is 39.5 Å². The zero-order chi connectivity index (χ0) is 70.9. The number of esters is 4. The topological polar surface area (TPSA) is 237 Å². The Morgan fingerprint density at radius 1 is 0.302 bits per heavy atom. The van der Waals surface area contributed by atoms with Crippen LogP contribution in [-0.4, -0.2) is 96.7 Å². The molecule has 0 rings (SSSR count). The van der Waals surface area contributed by atoms with Gasteiger partial charge in [-0.25, -0.2) is 9.13 Å². The Morgan fingerprint density at radius 2 is 0.531 bits per heavy atom. The number of hydrogen-bond acceptors (Lipinski definition) is 15. The Balaban J connectivity index is 5.22. The first kappa shape index (κ1) is 94.1. The second-order valence-electron chi connectivity index (χ2n) is 28.9. The van der Waals surface area contributed by atoms with Crippen molar-refractivity contribution < 1.29 is 80.2 Å². The minimum atomic E-state index is -4.96. The van der Waals surface area contributed by atoms with E-state index >= 15 is 0 Å². The number of ether oxygens (including phenoxy) is 4. The molecule has 0 aromatic carbocycles. The molecule has 0 aromatic heterocycles. The van der Waals surface area contributed by atoms with Crippen LogP contribution in [-0.2, 0) is 65.4 Å². The molecule has 0 fully saturated rings. The van der Waals surface area contributed by atoms with Gasteiger partial charge in [-0.15, -0.1) is 0 Å². The molecule has 3 unspecified atom stereocenters. The fourth-order valence-electron chi connectivity index (χ4n) is 11.7. The van der Waals surface area contributed by atoms with Gasteiger partial charge in [-0.05, 0) is 43.4 Å². The number of aliphatic hydroxyl groups is 1. The average molecular weight is 1410 g/mol. The minimum absolute atomic E-state index is 0.103. The van der Waals surface area contributed by atoms with Crippen LogP contribution >= 0.6 is 15.6 Å². The van der Waals surface area contributed by atoms with E-state index in [4.69, 9.17) is 37.0 Å². The van der Waals surface area contributed by atoms with E-state index in [-0.39, 0.29) is 25.7 Å². The van der Waals surface area contributed by atoms with Crippen LogP contribution in [0.4, 0.5) is 0 Å². The van der Waals surface area contributed by atoms with Crippen LogP contribution in [0.25, 0.3) is 0 Å². The first-order valence-electron chi connectivity index (χ1n) is 39.9. The fraction of sp³-hybridized carbons (Fsp3) is 0.948. The Labute approximate surface area is 588 Å². The number of phosphoric acid groups is 2. The molecule has 19 heteroatoms. The van der Waals surface area contributed by atoms with Gasteiger partial charge < -0.3 is 33.8 Å². The van der Waals surface area contributed by atoms with E-state index < -0.39 is 97.5 Å². The highest BCUT2D eigenvalue weighted by Crippen LogP contribution is 2.45. The lowest BCUT2D eigenvalue weighted by atomic mass is 10.00. The van der Waals surface area contributed by atoms with Crippen molar-refractivity contribution in [2.75, 3.05) is 39.6 Å². The van der Waals surface area contributed by atoms with Gasteiger partial charge in [-0.2, -0.15) is 0 Å². The van der Waals surface area contributed by atoms with E-state index in [1.807, 2.05) is 0 Å². The Morgan fingerprint density at radius 3 is 0.792 bits per heavy atom. The lowest BCUT2D eigenvalue weighted by Crippen LogP contribution is -2.30. The number of carbonyl (C=O) groups is 4. The summed E-state index contributed by atoms with van der Waals surface area (Å²) >= 11 is 0. The lowest BCUT2D eigenvalue weighted by Gasteiger charge is -2.21. The van der Waals surface area contributed by atoms with Gasteiger partial charge in [-0.1, -0.05) is 344 Å². The Bertz CT molecular complexity index is 1870. The quantitative estimate of drug-likeness (QED) is 0.0222. The van der Waals surface area contributed by atoms with Crippen LogP contribution in [0.3, 0.4) is 0 Å². The Kier molecular flexibility index (Phi) is 66.2. The molecule has 0 aliphatic carbocycles. The van der Waals surface area contributed by atoms with Crippen molar-refractivity contribution in [3.8, 4) is 0 Å². The smallest absolute Gasteiger partial charge is 0.462 e. The lowest BCUT2D eigenvalue weighted by molar-refractivity contribution is -0.161. The van der Waals surface area contributed by atoms with Crippen LogP contribution in [0.2, 0.25) is 0 Å². The number of unbranched alkanes of at least 4 members (excludes halogenated alkanes) is 42. The van der Waals surface area contributed by atoms with Gasteiger partial charge in [0.2, 0.25) is 0 Å². The number of phosphoric ester groups is 2. The van der Waals surface area contributed by atoms with E-state index in [1.54, 1.807) is 0 Å². The summed E-state index contributed by atoms with van der Waals surface area (Å²) in [6.45, 7) is 11.9. The summed E-state index contributed by atoms with van der Waals surface area (Å²) in [6.07, 6.45) is 54.2. The second-order valence-corrected chi connectivity index (χ2v) is 31.8. The third-order valence-electron chi connectivity index (χ3n) is 18.2. The third kappa shape index (κ3) is 69.2. The van der Waals surface area contributed by atoms with Crippen LogP contribution in [0.1, 0.15) is 395 Å². The molecule has 0 aromatic rings. The van der Waals surface area contributed by atoms with Gasteiger partial charge in [0.1, 0.15) is 19.3 Å². The summed E-state index contributed by atoms with van der Waals surface area (Å²) in [6, 6.07) is 0. The minimum Gasteiger partial charge on any atom is -0.462 e. The molecular formula is C77H150O17P2. The molecular weight excluding hydrogens is 1260 g/mol. The number of aliphatic hydroxyl groups excluding tert-OH is 1. The van der Waals surface area contributed by atoms with Gasteiger partial charge in [0.15, 0.2) is 12.2 Å². The molecule has 0 saturated carbocycles. The van der Waals surface area contributed by atoms with E-state index in [0.717, 1.165) is 108 Å². The normalized spacial score (nSPS) is 14.3. The molecule has 0 saturated heterocycles. The van der Waals surface area contributed by atoms with Crippen molar-refractivity contribution in [3.63, 3.8) is 0 Å². The molecule has 17 nitrogen and oxygen atoms in total. The molecule has 0 bridgehead atoms.